The number of amides is 2. The van der Waals surface area contributed by atoms with E-state index >= 15 is 0 Å². The lowest BCUT2D eigenvalue weighted by molar-refractivity contribution is 0.262. The molecule has 0 unspecified atom stereocenters. The predicted molar refractivity (Wildman–Crippen MR) is 77.0 cm³/mol. The van der Waals surface area contributed by atoms with Gasteiger partial charge in [-0.3, -0.25) is 10.00 Å². The summed E-state index contributed by atoms with van der Waals surface area (Å²) in [6.07, 6.45) is 0. The van der Waals surface area contributed by atoms with Gasteiger partial charge in [0.25, 0.3) is 0 Å². The third-order valence-corrected chi connectivity index (χ3v) is 3.16. The summed E-state index contributed by atoms with van der Waals surface area (Å²) in [5.41, 5.74) is 1.39. The Morgan fingerprint density at radius 1 is 1.21 bits per heavy atom. The van der Waals surface area contributed by atoms with Gasteiger partial charge in [0.05, 0.1) is 15.7 Å². The predicted octanol–water partition coefficient (Wildman–Crippen LogP) is 3.68. The van der Waals surface area contributed by atoms with Crippen LogP contribution < -0.4 is 10.6 Å². The van der Waals surface area contributed by atoms with Crippen LogP contribution in [-0.2, 0) is 7.05 Å². The van der Waals surface area contributed by atoms with Crippen molar-refractivity contribution in [1.82, 2.24) is 9.78 Å². The average Bonchev–Trinajstić information content (AvgIpc) is 2.62. The van der Waals surface area contributed by atoms with Crippen molar-refractivity contribution in [3.63, 3.8) is 0 Å². The molecule has 2 rings (SSSR count). The van der Waals surface area contributed by atoms with Crippen molar-refractivity contribution in [2.24, 2.45) is 7.05 Å². The first-order valence-corrected chi connectivity index (χ1v) is 6.25. The normalized spacial score (nSPS) is 10.3. The number of nitrogens with zero attached hydrogens (tertiary/aromatic N) is 2. The van der Waals surface area contributed by atoms with Gasteiger partial charge >= 0.3 is 6.03 Å². The number of anilines is 2. The standard InChI is InChI=1S/C12H12Cl2N4O/c1-7-5-11(18(2)17-7)16-12(19)15-8-3-4-9(13)10(14)6-8/h3-6H,1-2H3,(H2,15,16,19). The molecule has 0 aliphatic heterocycles. The molecule has 0 bridgehead atoms. The van der Waals surface area contributed by atoms with E-state index in [1.54, 1.807) is 36.0 Å². The molecule has 1 aromatic carbocycles. The number of carbonyl (C=O) groups is 1. The Bertz CT molecular complexity index is 624. The van der Waals surface area contributed by atoms with Crippen LogP contribution >= 0.6 is 23.2 Å². The van der Waals surface area contributed by atoms with Gasteiger partial charge in [0.1, 0.15) is 5.82 Å². The molecule has 0 aliphatic carbocycles. The number of nitrogens with one attached hydrogen (secondary N) is 2. The summed E-state index contributed by atoms with van der Waals surface area (Å²) in [6, 6.07) is 6.27. The van der Waals surface area contributed by atoms with Gasteiger partial charge in [-0.1, -0.05) is 23.2 Å². The number of hydrogen-bond donors (Lipinski definition) is 2. The number of benzene rings is 1. The van der Waals surface area contributed by atoms with Gasteiger partial charge in [0, 0.05) is 18.8 Å². The minimum atomic E-state index is -0.374. The van der Waals surface area contributed by atoms with Gasteiger partial charge < -0.3 is 5.32 Å². The topological polar surface area (TPSA) is 59.0 Å². The zero-order chi connectivity index (χ0) is 14.0. The maximum absolute atomic E-state index is 11.8. The Morgan fingerprint density at radius 2 is 1.95 bits per heavy atom. The van der Waals surface area contributed by atoms with E-state index < -0.39 is 0 Å². The Hall–Kier alpha value is -1.72. The zero-order valence-electron chi connectivity index (χ0n) is 10.4. The summed E-state index contributed by atoms with van der Waals surface area (Å²) < 4.78 is 1.59. The molecule has 1 heterocycles. The monoisotopic (exact) mass is 298 g/mol. The van der Waals surface area contributed by atoms with Crippen molar-refractivity contribution in [2.75, 3.05) is 10.6 Å². The van der Waals surface area contributed by atoms with Crippen molar-refractivity contribution in [1.29, 1.82) is 0 Å². The summed E-state index contributed by atoms with van der Waals surface area (Å²) in [5, 5.41) is 10.3. The number of aromatic nitrogens is 2. The lowest BCUT2D eigenvalue weighted by Crippen LogP contribution is -2.21. The van der Waals surface area contributed by atoms with Gasteiger partial charge in [-0.2, -0.15) is 5.10 Å². The van der Waals surface area contributed by atoms with E-state index in [0.29, 0.717) is 21.6 Å². The van der Waals surface area contributed by atoms with Crippen LogP contribution in [0.3, 0.4) is 0 Å². The molecule has 2 N–H and O–H groups in total. The van der Waals surface area contributed by atoms with Gasteiger partial charge in [0.2, 0.25) is 0 Å². The van der Waals surface area contributed by atoms with Gasteiger partial charge in [-0.15, -0.1) is 0 Å². The molecule has 0 spiro atoms. The second-order valence-electron chi connectivity index (χ2n) is 4.00. The lowest BCUT2D eigenvalue weighted by atomic mass is 10.3. The molecule has 0 saturated carbocycles. The van der Waals surface area contributed by atoms with Crippen molar-refractivity contribution in [2.45, 2.75) is 6.92 Å². The molecule has 0 radical (unpaired) electrons. The fourth-order valence-electron chi connectivity index (χ4n) is 1.58. The average molecular weight is 299 g/mol. The third-order valence-electron chi connectivity index (χ3n) is 2.42. The molecule has 0 saturated heterocycles. The van der Waals surface area contributed by atoms with Crippen LogP contribution in [0.15, 0.2) is 24.3 Å². The number of urea groups is 1. The van der Waals surface area contributed by atoms with Gasteiger partial charge in [-0.25, -0.2) is 4.79 Å². The van der Waals surface area contributed by atoms with Crippen molar-refractivity contribution in [3.05, 3.63) is 40.0 Å². The van der Waals surface area contributed by atoms with E-state index in [4.69, 9.17) is 23.2 Å². The van der Waals surface area contributed by atoms with Crippen LogP contribution in [0.1, 0.15) is 5.69 Å². The van der Waals surface area contributed by atoms with Crippen LogP contribution in [0.2, 0.25) is 10.0 Å². The van der Waals surface area contributed by atoms with Crippen LogP contribution in [0.5, 0.6) is 0 Å². The molecular formula is C12H12Cl2N4O. The van der Waals surface area contributed by atoms with Crippen LogP contribution in [0.4, 0.5) is 16.3 Å². The molecule has 5 nitrogen and oxygen atoms in total. The maximum atomic E-state index is 11.8. The van der Waals surface area contributed by atoms with E-state index in [0.717, 1.165) is 5.69 Å². The molecular weight excluding hydrogens is 287 g/mol. The molecule has 2 amide bonds. The van der Waals surface area contributed by atoms with Crippen LogP contribution in [-0.4, -0.2) is 15.8 Å². The Morgan fingerprint density at radius 3 is 2.53 bits per heavy atom. The second kappa shape index (κ2) is 5.50. The highest BCUT2D eigenvalue weighted by Gasteiger charge is 2.08. The van der Waals surface area contributed by atoms with E-state index in [2.05, 4.69) is 15.7 Å². The molecule has 1 aromatic heterocycles. The fourth-order valence-corrected chi connectivity index (χ4v) is 1.88. The number of carbonyl (C=O) groups excluding carboxylic acids is 1. The largest absolute Gasteiger partial charge is 0.324 e. The smallest absolute Gasteiger partial charge is 0.308 e. The summed E-state index contributed by atoms with van der Waals surface area (Å²) >= 11 is 11.7. The highest BCUT2D eigenvalue weighted by atomic mass is 35.5. The summed E-state index contributed by atoms with van der Waals surface area (Å²) in [6.45, 7) is 1.85. The minimum absolute atomic E-state index is 0.374. The molecule has 0 fully saturated rings. The molecule has 0 atom stereocenters. The van der Waals surface area contributed by atoms with E-state index in [1.165, 1.54) is 0 Å². The van der Waals surface area contributed by atoms with E-state index in [1.807, 2.05) is 6.92 Å². The summed E-state index contributed by atoms with van der Waals surface area (Å²) in [7, 11) is 1.75. The summed E-state index contributed by atoms with van der Waals surface area (Å²) in [4.78, 5) is 11.8. The SMILES string of the molecule is Cc1cc(NC(=O)Nc2ccc(Cl)c(Cl)c2)n(C)n1. The van der Waals surface area contributed by atoms with E-state index in [-0.39, 0.29) is 6.03 Å². The lowest BCUT2D eigenvalue weighted by Gasteiger charge is -2.08. The molecule has 0 aliphatic rings. The minimum Gasteiger partial charge on any atom is -0.308 e. The fraction of sp³-hybridized carbons (Fsp3) is 0.167. The van der Waals surface area contributed by atoms with Crippen molar-refractivity contribution in [3.8, 4) is 0 Å². The zero-order valence-corrected chi connectivity index (χ0v) is 11.9. The van der Waals surface area contributed by atoms with E-state index in [9.17, 15) is 4.79 Å². The first kappa shape index (κ1) is 13.7. The van der Waals surface area contributed by atoms with Crippen LogP contribution in [0.25, 0.3) is 0 Å². The Labute approximate surface area is 120 Å². The first-order chi connectivity index (χ1) is 8.95. The molecule has 19 heavy (non-hydrogen) atoms. The third kappa shape index (κ3) is 3.39. The van der Waals surface area contributed by atoms with Gasteiger partial charge in [0.15, 0.2) is 0 Å². The molecule has 7 heteroatoms. The number of rotatable bonds is 2. The van der Waals surface area contributed by atoms with Crippen molar-refractivity contribution >= 4 is 40.7 Å². The van der Waals surface area contributed by atoms with Crippen LogP contribution in [0, 0.1) is 6.92 Å². The van der Waals surface area contributed by atoms with Crippen molar-refractivity contribution < 1.29 is 4.79 Å². The highest BCUT2D eigenvalue weighted by molar-refractivity contribution is 6.42. The Balaban J connectivity index is 2.05. The molecule has 100 valence electrons. The Kier molecular flexibility index (Phi) is 3.97. The summed E-state index contributed by atoms with van der Waals surface area (Å²) in [5.74, 6) is 0.607. The number of aryl methyl sites for hydroxylation is 2. The number of hydrogen-bond acceptors (Lipinski definition) is 2. The number of halogens is 2. The second-order valence-corrected chi connectivity index (χ2v) is 4.82. The molecule has 2 aromatic rings. The highest BCUT2D eigenvalue weighted by Crippen LogP contribution is 2.25. The first-order valence-electron chi connectivity index (χ1n) is 5.49. The maximum Gasteiger partial charge on any atom is 0.324 e. The quantitative estimate of drug-likeness (QED) is 0.888. The van der Waals surface area contributed by atoms with Gasteiger partial charge in [-0.05, 0) is 25.1 Å².